The van der Waals surface area contributed by atoms with Crippen LogP contribution < -0.4 is 10.6 Å². The average molecular weight is 274 g/mol. The molecule has 0 aromatic rings. The fourth-order valence-corrected chi connectivity index (χ4v) is 2.99. The molecule has 1 aliphatic rings. The van der Waals surface area contributed by atoms with Crippen molar-refractivity contribution in [3.8, 4) is 0 Å². The maximum Gasteiger partial charge on any atom is 0.233 e. The summed E-state index contributed by atoms with van der Waals surface area (Å²) in [4.78, 5) is 11.6. The van der Waals surface area contributed by atoms with Gasteiger partial charge in [-0.3, -0.25) is 4.79 Å². The first-order chi connectivity index (χ1) is 8.76. The van der Waals surface area contributed by atoms with Gasteiger partial charge >= 0.3 is 0 Å². The number of rotatable bonds is 8. The van der Waals surface area contributed by atoms with Crippen LogP contribution in [0.5, 0.6) is 0 Å². The van der Waals surface area contributed by atoms with Crippen LogP contribution in [0.15, 0.2) is 0 Å². The monoisotopic (exact) mass is 274 g/mol. The third-order valence-electron chi connectivity index (χ3n) is 3.41. The van der Waals surface area contributed by atoms with Crippen LogP contribution in [0.4, 0.5) is 0 Å². The lowest BCUT2D eigenvalue weighted by molar-refractivity contribution is -0.120. The minimum atomic E-state index is 0.0955. The van der Waals surface area contributed by atoms with Crippen molar-refractivity contribution < 1.29 is 9.53 Å². The lowest BCUT2D eigenvalue weighted by Crippen LogP contribution is -2.41. The van der Waals surface area contributed by atoms with Gasteiger partial charge in [-0.1, -0.05) is 0 Å². The Morgan fingerprint density at radius 2 is 2.06 bits per heavy atom. The Morgan fingerprint density at radius 1 is 1.33 bits per heavy atom. The minimum absolute atomic E-state index is 0.0955. The zero-order chi connectivity index (χ0) is 13.2. The van der Waals surface area contributed by atoms with E-state index in [4.69, 9.17) is 4.74 Å². The molecule has 0 heterocycles. The average Bonchev–Trinajstić information content (AvgIpc) is 2.42. The number of amides is 1. The Morgan fingerprint density at radius 3 is 2.67 bits per heavy atom. The highest BCUT2D eigenvalue weighted by Gasteiger charge is 2.20. The highest BCUT2D eigenvalue weighted by molar-refractivity contribution is 7.99. The predicted octanol–water partition coefficient (Wildman–Crippen LogP) is 1.40. The van der Waals surface area contributed by atoms with Gasteiger partial charge in [-0.15, -0.1) is 0 Å². The number of hydrogen-bond donors (Lipinski definition) is 2. The molecule has 0 aromatic heterocycles. The highest BCUT2D eigenvalue weighted by Crippen LogP contribution is 2.26. The molecular weight excluding hydrogens is 248 g/mol. The van der Waals surface area contributed by atoms with Crippen molar-refractivity contribution in [2.75, 3.05) is 33.1 Å². The van der Waals surface area contributed by atoms with Gasteiger partial charge in [0.25, 0.3) is 0 Å². The molecule has 1 fully saturated rings. The van der Waals surface area contributed by atoms with Crippen LogP contribution in [0, 0.1) is 0 Å². The van der Waals surface area contributed by atoms with Gasteiger partial charge in [-0.2, -0.15) is 11.8 Å². The summed E-state index contributed by atoms with van der Waals surface area (Å²) in [5, 5.41) is 7.07. The lowest BCUT2D eigenvalue weighted by Gasteiger charge is -2.27. The number of hydrogen-bond acceptors (Lipinski definition) is 4. The van der Waals surface area contributed by atoms with Crippen molar-refractivity contribution in [2.45, 2.75) is 43.4 Å². The van der Waals surface area contributed by atoms with E-state index in [0.29, 0.717) is 25.7 Å². The van der Waals surface area contributed by atoms with Crippen LogP contribution in [0.3, 0.4) is 0 Å². The van der Waals surface area contributed by atoms with Crippen molar-refractivity contribution in [3.05, 3.63) is 0 Å². The molecule has 1 amide bonds. The van der Waals surface area contributed by atoms with E-state index in [9.17, 15) is 4.79 Å². The zero-order valence-electron chi connectivity index (χ0n) is 11.5. The van der Waals surface area contributed by atoms with Crippen molar-refractivity contribution in [3.63, 3.8) is 0 Å². The Bertz CT molecular complexity index is 231. The topological polar surface area (TPSA) is 50.4 Å². The van der Waals surface area contributed by atoms with E-state index < -0.39 is 0 Å². The van der Waals surface area contributed by atoms with Crippen LogP contribution in [0.2, 0.25) is 0 Å². The van der Waals surface area contributed by atoms with E-state index in [-0.39, 0.29) is 5.91 Å². The van der Waals surface area contributed by atoms with Crippen molar-refractivity contribution in [2.24, 2.45) is 0 Å². The summed E-state index contributed by atoms with van der Waals surface area (Å²) < 4.78 is 4.93. The number of carbonyl (C=O) groups is 1. The van der Waals surface area contributed by atoms with Gasteiger partial charge in [0, 0.05) is 31.6 Å². The first kappa shape index (κ1) is 15.8. The molecule has 0 spiro atoms. The molecule has 0 bridgehead atoms. The molecule has 0 aliphatic heterocycles. The SMILES string of the molecule is COCCCNC(=O)CNC1CCC(SC)CC1. The fraction of sp³-hybridized carbons (Fsp3) is 0.923. The Kier molecular flexibility index (Phi) is 8.46. The number of methoxy groups -OCH3 is 1. The Labute approximate surface area is 115 Å². The van der Waals surface area contributed by atoms with Crippen molar-refractivity contribution >= 4 is 17.7 Å². The van der Waals surface area contributed by atoms with Gasteiger partial charge in [-0.25, -0.2) is 0 Å². The number of carbonyl (C=O) groups excluding carboxylic acids is 1. The van der Waals surface area contributed by atoms with E-state index in [0.717, 1.165) is 11.7 Å². The predicted molar refractivity (Wildman–Crippen MR) is 77.1 cm³/mol. The van der Waals surface area contributed by atoms with Gasteiger partial charge in [0.2, 0.25) is 5.91 Å². The van der Waals surface area contributed by atoms with E-state index >= 15 is 0 Å². The number of nitrogens with one attached hydrogen (secondary N) is 2. The molecule has 2 N–H and O–H groups in total. The maximum absolute atomic E-state index is 11.6. The third-order valence-corrected chi connectivity index (χ3v) is 4.54. The summed E-state index contributed by atoms with van der Waals surface area (Å²) in [6, 6.07) is 0.526. The smallest absolute Gasteiger partial charge is 0.233 e. The molecule has 0 aromatic carbocycles. The molecule has 0 unspecified atom stereocenters. The molecule has 1 saturated carbocycles. The normalized spacial score (nSPS) is 23.9. The molecule has 0 atom stereocenters. The van der Waals surface area contributed by atoms with Gasteiger partial charge in [0.05, 0.1) is 6.54 Å². The summed E-state index contributed by atoms with van der Waals surface area (Å²) >= 11 is 1.97. The van der Waals surface area contributed by atoms with Crippen LogP contribution in [0.25, 0.3) is 0 Å². The standard InChI is InChI=1S/C13H26N2O2S/c1-17-9-3-8-14-13(16)10-15-11-4-6-12(18-2)7-5-11/h11-12,15H,3-10H2,1-2H3,(H,14,16). The van der Waals surface area contributed by atoms with Crippen LogP contribution in [0.1, 0.15) is 32.1 Å². The molecule has 1 rings (SSSR count). The van der Waals surface area contributed by atoms with Crippen LogP contribution in [-0.2, 0) is 9.53 Å². The summed E-state index contributed by atoms with van der Waals surface area (Å²) in [5.74, 6) is 0.0955. The van der Waals surface area contributed by atoms with Gasteiger partial charge in [0.1, 0.15) is 0 Å². The lowest BCUT2D eigenvalue weighted by atomic mass is 9.95. The Hall–Kier alpha value is -0.260. The van der Waals surface area contributed by atoms with Crippen molar-refractivity contribution in [1.29, 1.82) is 0 Å². The van der Waals surface area contributed by atoms with Crippen LogP contribution >= 0.6 is 11.8 Å². The molecular formula is C13H26N2O2S. The van der Waals surface area contributed by atoms with E-state index in [1.165, 1.54) is 25.7 Å². The van der Waals surface area contributed by atoms with Gasteiger partial charge in [-0.05, 0) is 38.4 Å². The maximum atomic E-state index is 11.6. The molecule has 4 nitrogen and oxygen atoms in total. The molecule has 1 aliphatic carbocycles. The minimum Gasteiger partial charge on any atom is -0.385 e. The van der Waals surface area contributed by atoms with Gasteiger partial charge < -0.3 is 15.4 Å². The highest BCUT2D eigenvalue weighted by atomic mass is 32.2. The molecule has 5 heteroatoms. The third kappa shape index (κ3) is 6.61. The number of thioether (sulfide) groups is 1. The second-order valence-electron chi connectivity index (χ2n) is 4.79. The van der Waals surface area contributed by atoms with Crippen molar-refractivity contribution in [1.82, 2.24) is 10.6 Å². The summed E-state index contributed by atoms with van der Waals surface area (Å²) in [7, 11) is 1.67. The fourth-order valence-electron chi connectivity index (χ4n) is 2.25. The number of ether oxygens (including phenoxy) is 1. The Balaban J connectivity index is 2.01. The second-order valence-corrected chi connectivity index (χ2v) is 5.92. The zero-order valence-corrected chi connectivity index (χ0v) is 12.4. The summed E-state index contributed by atoms with van der Waals surface area (Å²) in [6.45, 7) is 1.85. The molecule has 0 saturated heterocycles. The first-order valence-corrected chi connectivity index (χ1v) is 8.07. The first-order valence-electron chi connectivity index (χ1n) is 6.78. The van der Waals surface area contributed by atoms with Crippen LogP contribution in [-0.4, -0.2) is 50.3 Å². The second kappa shape index (κ2) is 9.64. The summed E-state index contributed by atoms with van der Waals surface area (Å²) in [5.41, 5.74) is 0. The van der Waals surface area contributed by atoms with Gasteiger partial charge in [0.15, 0.2) is 0 Å². The largest absolute Gasteiger partial charge is 0.385 e. The molecule has 106 valence electrons. The molecule has 0 radical (unpaired) electrons. The molecule has 18 heavy (non-hydrogen) atoms. The van der Waals surface area contributed by atoms with E-state index in [1.807, 2.05) is 11.8 Å². The summed E-state index contributed by atoms with van der Waals surface area (Å²) in [6.07, 6.45) is 8.00. The van der Waals surface area contributed by atoms with E-state index in [1.54, 1.807) is 7.11 Å². The van der Waals surface area contributed by atoms with E-state index in [2.05, 4.69) is 16.9 Å². The quantitative estimate of drug-likeness (QED) is 0.657.